The van der Waals surface area contributed by atoms with Crippen LogP contribution in [0.3, 0.4) is 0 Å². The fourth-order valence-electron chi connectivity index (χ4n) is 1.63. The second-order valence-electron chi connectivity index (χ2n) is 4.27. The molecule has 0 saturated carbocycles. The zero-order valence-electron chi connectivity index (χ0n) is 11.8. The summed E-state index contributed by atoms with van der Waals surface area (Å²) in [6.07, 6.45) is 0. The van der Waals surface area contributed by atoms with E-state index < -0.39 is 11.9 Å². The molecule has 0 atom stereocenters. The Kier molecular flexibility index (Phi) is 4.98. The zero-order chi connectivity index (χ0) is 15.9. The van der Waals surface area contributed by atoms with Gasteiger partial charge in [0.1, 0.15) is 17.2 Å². The number of hydrogen-bond acceptors (Lipinski definition) is 5. The van der Waals surface area contributed by atoms with Gasteiger partial charge in [-0.25, -0.2) is 9.59 Å². The number of carbonyl (C=O) groups is 2. The average Bonchev–Trinajstić information content (AvgIpc) is 2.54. The van der Waals surface area contributed by atoms with E-state index in [0.717, 1.165) is 0 Å². The second-order valence-corrected chi connectivity index (χ2v) is 4.27. The smallest absolute Gasteiger partial charge is 0.343 e. The summed E-state index contributed by atoms with van der Waals surface area (Å²) in [5.74, 6) is -0.0454. The third kappa shape index (κ3) is 4.24. The molecule has 0 spiro atoms. The molecule has 0 saturated heterocycles. The van der Waals surface area contributed by atoms with E-state index in [0.29, 0.717) is 17.2 Å². The highest BCUT2D eigenvalue weighted by molar-refractivity contribution is 5.88. The minimum atomic E-state index is -1.02. The van der Waals surface area contributed by atoms with Gasteiger partial charge >= 0.3 is 11.9 Å². The van der Waals surface area contributed by atoms with Crippen molar-refractivity contribution >= 4 is 11.9 Å². The number of rotatable bonds is 6. The van der Waals surface area contributed by atoms with Crippen LogP contribution in [-0.4, -0.2) is 30.8 Å². The van der Waals surface area contributed by atoms with Crippen LogP contribution in [-0.2, 0) is 9.53 Å². The van der Waals surface area contributed by atoms with Gasteiger partial charge in [0.05, 0.1) is 12.7 Å². The van der Waals surface area contributed by atoms with Gasteiger partial charge in [-0.3, -0.25) is 0 Å². The van der Waals surface area contributed by atoms with Crippen molar-refractivity contribution < 1.29 is 28.9 Å². The molecule has 0 heterocycles. The van der Waals surface area contributed by atoms with Crippen molar-refractivity contribution in [2.75, 3.05) is 13.7 Å². The van der Waals surface area contributed by atoms with Crippen molar-refractivity contribution in [1.82, 2.24) is 0 Å². The first kappa shape index (κ1) is 15.4. The average molecular weight is 302 g/mol. The van der Waals surface area contributed by atoms with Crippen molar-refractivity contribution in [2.24, 2.45) is 0 Å². The van der Waals surface area contributed by atoms with Gasteiger partial charge in [-0.1, -0.05) is 6.07 Å². The molecule has 0 radical (unpaired) electrons. The fourth-order valence-corrected chi connectivity index (χ4v) is 1.63. The largest absolute Gasteiger partial charge is 0.482 e. The number of carbonyl (C=O) groups excluding carboxylic acids is 1. The summed E-state index contributed by atoms with van der Waals surface area (Å²) in [5, 5.41) is 8.93. The molecule has 0 aliphatic rings. The molecule has 6 nitrogen and oxygen atoms in total. The molecule has 0 fully saturated rings. The van der Waals surface area contributed by atoms with Crippen molar-refractivity contribution in [3.05, 3.63) is 54.1 Å². The van der Waals surface area contributed by atoms with Crippen molar-refractivity contribution in [2.45, 2.75) is 0 Å². The summed E-state index contributed by atoms with van der Waals surface area (Å²) < 4.78 is 15.2. The molecular formula is C16H14O6. The molecule has 22 heavy (non-hydrogen) atoms. The molecule has 2 aromatic rings. The van der Waals surface area contributed by atoms with Gasteiger partial charge < -0.3 is 19.3 Å². The molecule has 0 aliphatic heterocycles. The highest BCUT2D eigenvalue weighted by atomic mass is 16.6. The van der Waals surface area contributed by atoms with Crippen molar-refractivity contribution in [1.29, 1.82) is 0 Å². The molecule has 114 valence electrons. The van der Waals surface area contributed by atoms with E-state index in [2.05, 4.69) is 4.74 Å². The Morgan fingerprint density at radius 3 is 2.32 bits per heavy atom. The zero-order valence-corrected chi connectivity index (χ0v) is 11.8. The van der Waals surface area contributed by atoms with E-state index in [1.165, 1.54) is 19.2 Å². The summed E-state index contributed by atoms with van der Waals surface area (Å²) in [6, 6.07) is 12.8. The number of carboxylic acid groups (broad SMARTS) is 1. The molecule has 0 bridgehead atoms. The van der Waals surface area contributed by atoms with Crippen molar-refractivity contribution in [3.8, 4) is 17.2 Å². The van der Waals surface area contributed by atoms with Gasteiger partial charge in [-0.05, 0) is 42.5 Å². The normalized spacial score (nSPS) is 9.86. The first-order valence-electron chi connectivity index (χ1n) is 6.39. The molecular weight excluding hydrogens is 288 g/mol. The lowest BCUT2D eigenvalue weighted by Crippen LogP contribution is -2.12. The van der Waals surface area contributed by atoms with E-state index in [1.807, 2.05) is 0 Å². The number of carboxylic acids is 1. The summed E-state index contributed by atoms with van der Waals surface area (Å²) >= 11 is 0. The quantitative estimate of drug-likeness (QED) is 0.826. The second kappa shape index (κ2) is 7.12. The Labute approximate surface area is 126 Å². The van der Waals surface area contributed by atoms with Gasteiger partial charge in [0.15, 0.2) is 6.61 Å². The Morgan fingerprint density at radius 2 is 1.68 bits per heavy atom. The number of aromatic carboxylic acids is 1. The number of benzene rings is 2. The SMILES string of the molecule is COC(=O)COc1ccc(Oc2cccc(C(=O)O)c2)cc1. The molecule has 1 N–H and O–H groups in total. The van der Waals surface area contributed by atoms with Crippen LogP contribution in [0.4, 0.5) is 0 Å². The van der Waals surface area contributed by atoms with Crippen LogP contribution >= 0.6 is 0 Å². The molecule has 2 aromatic carbocycles. The third-order valence-electron chi connectivity index (χ3n) is 2.72. The minimum Gasteiger partial charge on any atom is -0.482 e. The maximum Gasteiger partial charge on any atom is 0.343 e. The standard InChI is InChI=1S/C16H14O6/c1-20-15(17)10-21-12-5-7-13(8-6-12)22-14-4-2-3-11(9-14)16(18)19/h2-9H,10H2,1H3,(H,18,19). The number of methoxy groups -OCH3 is 1. The Morgan fingerprint density at radius 1 is 1.00 bits per heavy atom. The first-order chi connectivity index (χ1) is 10.6. The lowest BCUT2D eigenvalue weighted by molar-refractivity contribution is -0.142. The molecule has 0 aliphatic carbocycles. The van der Waals surface area contributed by atoms with Crippen LogP contribution < -0.4 is 9.47 Å². The van der Waals surface area contributed by atoms with E-state index >= 15 is 0 Å². The number of esters is 1. The highest BCUT2D eigenvalue weighted by Crippen LogP contribution is 2.24. The van der Waals surface area contributed by atoms with Gasteiger partial charge in [-0.2, -0.15) is 0 Å². The van der Waals surface area contributed by atoms with E-state index in [9.17, 15) is 9.59 Å². The highest BCUT2D eigenvalue weighted by Gasteiger charge is 2.05. The Balaban J connectivity index is 2.00. The maximum atomic E-state index is 11.0. The topological polar surface area (TPSA) is 82.1 Å². The Bertz CT molecular complexity index is 663. The third-order valence-corrected chi connectivity index (χ3v) is 2.72. The summed E-state index contributed by atoms with van der Waals surface area (Å²) in [4.78, 5) is 21.9. The van der Waals surface area contributed by atoms with Crippen LogP contribution in [0.25, 0.3) is 0 Å². The fraction of sp³-hybridized carbons (Fsp3) is 0.125. The summed E-state index contributed by atoms with van der Waals surface area (Å²) in [6.45, 7) is -0.169. The molecule has 0 amide bonds. The maximum absolute atomic E-state index is 11.0. The monoisotopic (exact) mass is 302 g/mol. The summed E-state index contributed by atoms with van der Waals surface area (Å²) in [5.41, 5.74) is 0.149. The van der Waals surface area contributed by atoms with Gasteiger partial charge in [-0.15, -0.1) is 0 Å². The molecule has 0 aromatic heterocycles. The van der Waals surface area contributed by atoms with E-state index in [4.69, 9.17) is 14.6 Å². The first-order valence-corrected chi connectivity index (χ1v) is 6.39. The van der Waals surface area contributed by atoms with Crippen molar-refractivity contribution in [3.63, 3.8) is 0 Å². The summed E-state index contributed by atoms with van der Waals surface area (Å²) in [7, 11) is 1.29. The molecule has 2 rings (SSSR count). The number of ether oxygens (including phenoxy) is 3. The van der Waals surface area contributed by atoms with Crippen LogP contribution in [0.5, 0.6) is 17.2 Å². The number of hydrogen-bond donors (Lipinski definition) is 1. The van der Waals surface area contributed by atoms with Crippen LogP contribution in [0.2, 0.25) is 0 Å². The lowest BCUT2D eigenvalue weighted by atomic mass is 10.2. The Hall–Kier alpha value is -3.02. The predicted molar refractivity (Wildman–Crippen MR) is 77.4 cm³/mol. The predicted octanol–water partition coefficient (Wildman–Crippen LogP) is 2.73. The molecule has 0 unspecified atom stereocenters. The van der Waals surface area contributed by atoms with Gasteiger partial charge in [0, 0.05) is 0 Å². The van der Waals surface area contributed by atoms with E-state index in [1.54, 1.807) is 36.4 Å². The van der Waals surface area contributed by atoms with Crippen LogP contribution in [0, 0.1) is 0 Å². The van der Waals surface area contributed by atoms with Crippen LogP contribution in [0.15, 0.2) is 48.5 Å². The van der Waals surface area contributed by atoms with Gasteiger partial charge in [0.25, 0.3) is 0 Å². The molecule has 6 heteroatoms. The minimum absolute atomic E-state index is 0.149. The van der Waals surface area contributed by atoms with Gasteiger partial charge in [0.2, 0.25) is 0 Å². The van der Waals surface area contributed by atoms with Crippen LogP contribution in [0.1, 0.15) is 10.4 Å². The lowest BCUT2D eigenvalue weighted by Gasteiger charge is -2.08. The van der Waals surface area contributed by atoms with E-state index in [-0.39, 0.29) is 12.2 Å².